The van der Waals surface area contributed by atoms with Gasteiger partial charge in [-0.2, -0.15) is 0 Å². The average Bonchev–Trinajstić information content (AvgIpc) is 2.85. The highest BCUT2D eigenvalue weighted by atomic mass is 79.9. The molecule has 2 aliphatic rings. The Morgan fingerprint density at radius 2 is 1.73 bits per heavy atom. The minimum Gasteiger partial charge on any atom is -0.337 e. The van der Waals surface area contributed by atoms with E-state index < -0.39 is 0 Å². The van der Waals surface area contributed by atoms with Crippen LogP contribution >= 0.6 is 39.1 Å². The normalized spacial score (nSPS) is 23.3. The highest BCUT2D eigenvalue weighted by Gasteiger charge is 2.36. The number of hydrogen-bond donors (Lipinski definition) is 0. The first-order valence-electron chi connectivity index (χ1n) is 7.72. The number of carbonyl (C=O) groups excluding carboxylic acids is 1. The number of halogens is 3. The predicted molar refractivity (Wildman–Crippen MR) is 93.4 cm³/mol. The summed E-state index contributed by atoms with van der Waals surface area (Å²) < 4.78 is 0.852. The van der Waals surface area contributed by atoms with E-state index in [4.69, 9.17) is 23.2 Å². The number of nitrogens with zero attached hydrogens (tertiary/aromatic N) is 2. The van der Waals surface area contributed by atoms with Gasteiger partial charge in [0.05, 0.1) is 6.04 Å². The van der Waals surface area contributed by atoms with Crippen molar-refractivity contribution in [1.29, 1.82) is 0 Å². The Morgan fingerprint density at radius 3 is 2.36 bits per heavy atom. The molecular weight excluding hydrogens is 387 g/mol. The van der Waals surface area contributed by atoms with Gasteiger partial charge in [-0.1, -0.05) is 45.6 Å². The molecule has 2 heterocycles. The lowest BCUT2D eigenvalue weighted by Crippen LogP contribution is -2.44. The highest BCUT2D eigenvalue weighted by Crippen LogP contribution is 2.32. The summed E-state index contributed by atoms with van der Waals surface area (Å²) in [5, 5.41) is 1.21. The van der Waals surface area contributed by atoms with Crippen molar-refractivity contribution in [2.75, 3.05) is 19.6 Å². The maximum absolute atomic E-state index is 12.7. The molecule has 0 aromatic heterocycles. The van der Waals surface area contributed by atoms with Crippen LogP contribution in [0.25, 0.3) is 0 Å². The maximum atomic E-state index is 12.7. The van der Waals surface area contributed by atoms with Crippen molar-refractivity contribution in [2.24, 2.45) is 0 Å². The molecule has 1 amide bonds. The Labute approximate surface area is 149 Å². The fourth-order valence-corrected chi connectivity index (χ4v) is 4.69. The molecule has 3 nitrogen and oxygen atoms in total. The second kappa shape index (κ2) is 7.08. The van der Waals surface area contributed by atoms with Crippen molar-refractivity contribution in [1.82, 2.24) is 9.80 Å². The molecule has 0 bridgehead atoms. The SMILES string of the molecule is O=C1C(N2CCCCC2)CCN1Cc1c(Cl)cc(Br)cc1Cl. The monoisotopic (exact) mass is 404 g/mol. The lowest BCUT2D eigenvalue weighted by molar-refractivity contribution is -0.132. The van der Waals surface area contributed by atoms with Gasteiger partial charge in [-0.05, 0) is 44.5 Å². The van der Waals surface area contributed by atoms with E-state index in [1.807, 2.05) is 17.0 Å². The molecule has 0 radical (unpaired) electrons. The lowest BCUT2D eigenvalue weighted by atomic mass is 10.1. The number of carbonyl (C=O) groups is 1. The van der Waals surface area contributed by atoms with Crippen molar-refractivity contribution in [3.05, 3.63) is 32.2 Å². The zero-order valence-corrected chi connectivity index (χ0v) is 15.4. The van der Waals surface area contributed by atoms with Crippen LogP contribution in [0.4, 0.5) is 0 Å². The van der Waals surface area contributed by atoms with Crippen LogP contribution in [0.1, 0.15) is 31.2 Å². The molecule has 2 saturated heterocycles. The quantitative estimate of drug-likeness (QED) is 0.746. The smallest absolute Gasteiger partial charge is 0.240 e. The van der Waals surface area contributed by atoms with Crippen LogP contribution in [-0.2, 0) is 11.3 Å². The Bertz CT molecular complexity index is 552. The van der Waals surface area contributed by atoms with Crippen molar-refractivity contribution >= 4 is 45.0 Å². The van der Waals surface area contributed by atoms with Gasteiger partial charge >= 0.3 is 0 Å². The van der Waals surface area contributed by atoms with Crippen molar-refractivity contribution in [2.45, 2.75) is 38.3 Å². The summed E-state index contributed by atoms with van der Waals surface area (Å²) in [5.41, 5.74) is 0.833. The summed E-state index contributed by atoms with van der Waals surface area (Å²) in [4.78, 5) is 16.9. The van der Waals surface area contributed by atoms with Crippen LogP contribution in [0.2, 0.25) is 10.0 Å². The highest BCUT2D eigenvalue weighted by molar-refractivity contribution is 9.10. The molecular formula is C16H19BrCl2N2O. The molecule has 1 aromatic carbocycles. The minimum absolute atomic E-state index is 0.0494. The standard InChI is InChI=1S/C16H19BrCl2N2O/c17-11-8-13(18)12(14(19)9-11)10-21-7-4-15(16(21)22)20-5-2-1-3-6-20/h8-9,15H,1-7,10H2. The molecule has 1 aromatic rings. The molecule has 3 rings (SSSR count). The minimum atomic E-state index is 0.0494. The summed E-state index contributed by atoms with van der Waals surface area (Å²) in [6.45, 7) is 3.37. The largest absolute Gasteiger partial charge is 0.337 e. The fourth-order valence-electron chi connectivity index (χ4n) is 3.36. The van der Waals surface area contributed by atoms with Crippen LogP contribution in [0.15, 0.2) is 16.6 Å². The third kappa shape index (κ3) is 3.45. The molecule has 6 heteroatoms. The summed E-state index contributed by atoms with van der Waals surface area (Å²) in [7, 11) is 0. The Hall–Kier alpha value is -0.290. The molecule has 1 unspecified atom stereocenters. The van der Waals surface area contributed by atoms with Gasteiger partial charge in [0.25, 0.3) is 0 Å². The first-order chi connectivity index (χ1) is 10.6. The van der Waals surface area contributed by atoms with Crippen molar-refractivity contribution in [3.63, 3.8) is 0 Å². The Kier molecular flexibility index (Phi) is 5.33. The topological polar surface area (TPSA) is 23.6 Å². The zero-order chi connectivity index (χ0) is 15.7. The zero-order valence-electron chi connectivity index (χ0n) is 12.3. The number of likely N-dealkylation sites (tertiary alicyclic amines) is 2. The second-order valence-electron chi connectivity index (χ2n) is 6.01. The van der Waals surface area contributed by atoms with Gasteiger partial charge in [-0.3, -0.25) is 9.69 Å². The van der Waals surface area contributed by atoms with Gasteiger partial charge < -0.3 is 4.90 Å². The molecule has 1 atom stereocenters. The van der Waals surface area contributed by atoms with Gasteiger partial charge in [0, 0.05) is 33.2 Å². The molecule has 0 aliphatic carbocycles. The van der Waals surface area contributed by atoms with Gasteiger partial charge in [-0.25, -0.2) is 0 Å². The van der Waals surface area contributed by atoms with Crippen LogP contribution in [0.5, 0.6) is 0 Å². The van der Waals surface area contributed by atoms with Gasteiger partial charge in [-0.15, -0.1) is 0 Å². The predicted octanol–water partition coefficient (Wildman–Crippen LogP) is 4.34. The summed E-state index contributed by atoms with van der Waals surface area (Å²) in [5.74, 6) is 0.219. The average molecular weight is 406 g/mol. The summed E-state index contributed by atoms with van der Waals surface area (Å²) in [6.07, 6.45) is 4.60. The molecule has 22 heavy (non-hydrogen) atoms. The second-order valence-corrected chi connectivity index (χ2v) is 7.74. The van der Waals surface area contributed by atoms with E-state index in [0.29, 0.717) is 16.6 Å². The van der Waals surface area contributed by atoms with E-state index >= 15 is 0 Å². The first kappa shape index (κ1) is 16.6. The van der Waals surface area contributed by atoms with Crippen LogP contribution in [-0.4, -0.2) is 41.4 Å². The van der Waals surface area contributed by atoms with E-state index in [9.17, 15) is 4.79 Å². The van der Waals surface area contributed by atoms with Crippen LogP contribution in [0.3, 0.4) is 0 Å². The van der Waals surface area contributed by atoms with E-state index in [2.05, 4.69) is 20.8 Å². The molecule has 0 saturated carbocycles. The summed E-state index contributed by atoms with van der Waals surface area (Å²) >= 11 is 15.9. The van der Waals surface area contributed by atoms with Gasteiger partial charge in [0.15, 0.2) is 0 Å². The number of benzene rings is 1. The summed E-state index contributed by atoms with van der Waals surface area (Å²) in [6, 6.07) is 3.70. The third-order valence-corrected chi connectivity index (χ3v) is 5.69. The van der Waals surface area contributed by atoms with E-state index in [1.54, 1.807) is 0 Å². The number of piperidine rings is 1. The molecule has 2 aliphatic heterocycles. The van der Waals surface area contributed by atoms with E-state index in [-0.39, 0.29) is 11.9 Å². The van der Waals surface area contributed by atoms with E-state index in [1.165, 1.54) is 19.3 Å². The Balaban J connectivity index is 1.71. The molecule has 0 N–H and O–H groups in total. The molecule has 2 fully saturated rings. The van der Waals surface area contributed by atoms with Crippen molar-refractivity contribution in [3.8, 4) is 0 Å². The maximum Gasteiger partial charge on any atom is 0.240 e. The first-order valence-corrected chi connectivity index (χ1v) is 9.27. The fraction of sp³-hybridized carbons (Fsp3) is 0.562. The van der Waals surface area contributed by atoms with Crippen molar-refractivity contribution < 1.29 is 4.79 Å². The molecule has 0 spiro atoms. The Morgan fingerprint density at radius 1 is 1.09 bits per heavy atom. The van der Waals surface area contributed by atoms with Crippen LogP contribution in [0, 0.1) is 0 Å². The number of amides is 1. The number of rotatable bonds is 3. The van der Waals surface area contributed by atoms with Crippen LogP contribution < -0.4 is 0 Å². The van der Waals surface area contributed by atoms with Gasteiger partial charge in [0.1, 0.15) is 0 Å². The lowest BCUT2D eigenvalue weighted by Gasteiger charge is -2.31. The van der Waals surface area contributed by atoms with E-state index in [0.717, 1.165) is 36.1 Å². The van der Waals surface area contributed by atoms with Gasteiger partial charge in [0.2, 0.25) is 5.91 Å². The number of hydrogen-bond acceptors (Lipinski definition) is 2. The molecule has 120 valence electrons. The third-order valence-electron chi connectivity index (χ3n) is 4.56.